The van der Waals surface area contributed by atoms with Gasteiger partial charge in [0.1, 0.15) is 5.82 Å². The second kappa shape index (κ2) is 5.68. The number of hydrogen-bond donors (Lipinski definition) is 1. The molecule has 1 nitrogen and oxygen atoms in total. The molecule has 1 fully saturated rings. The first kappa shape index (κ1) is 13.3. The van der Waals surface area contributed by atoms with Crippen LogP contribution in [0.25, 0.3) is 0 Å². The Labute approximate surface area is 115 Å². The second-order valence-corrected chi connectivity index (χ2v) is 5.97. The minimum absolute atomic E-state index is 0.181. The van der Waals surface area contributed by atoms with E-state index in [4.69, 9.17) is 17.3 Å². The summed E-state index contributed by atoms with van der Waals surface area (Å²) in [6.07, 6.45) is 5.16. The molecule has 0 radical (unpaired) electrons. The van der Waals surface area contributed by atoms with Crippen molar-refractivity contribution in [3.8, 4) is 0 Å². The van der Waals surface area contributed by atoms with Crippen LogP contribution < -0.4 is 5.73 Å². The van der Waals surface area contributed by atoms with Gasteiger partial charge in [0, 0.05) is 10.5 Å². The van der Waals surface area contributed by atoms with Crippen LogP contribution in [0.3, 0.4) is 0 Å². The molecule has 0 saturated heterocycles. The summed E-state index contributed by atoms with van der Waals surface area (Å²) >= 11 is 9.16. The summed E-state index contributed by atoms with van der Waals surface area (Å²) < 4.78 is 14.7. The highest BCUT2D eigenvalue weighted by Gasteiger charge is 2.23. The third-order valence-electron chi connectivity index (χ3n) is 3.47. The first-order valence-electron chi connectivity index (χ1n) is 5.98. The van der Waals surface area contributed by atoms with Gasteiger partial charge in [-0.2, -0.15) is 0 Å². The molecule has 2 unspecified atom stereocenters. The van der Waals surface area contributed by atoms with Gasteiger partial charge in [-0.1, -0.05) is 30.5 Å². The molecule has 2 rings (SSSR count). The van der Waals surface area contributed by atoms with E-state index in [-0.39, 0.29) is 22.8 Å². The Hall–Kier alpha value is -0.120. The lowest BCUT2D eigenvalue weighted by Gasteiger charge is -2.19. The smallest absolute Gasteiger partial charge is 0.146 e. The molecule has 94 valence electrons. The lowest BCUT2D eigenvalue weighted by molar-refractivity contribution is 0.507. The van der Waals surface area contributed by atoms with E-state index in [0.717, 1.165) is 37.7 Å². The summed E-state index contributed by atoms with van der Waals surface area (Å²) in [6, 6.07) is 3.83. The van der Waals surface area contributed by atoms with E-state index in [1.807, 2.05) is 12.1 Å². The van der Waals surface area contributed by atoms with Gasteiger partial charge in [0.15, 0.2) is 0 Å². The average Bonchev–Trinajstić information content (AvgIpc) is 2.51. The molecule has 0 amide bonds. The summed E-state index contributed by atoms with van der Waals surface area (Å²) in [5, 5.41) is 0.181. The summed E-state index contributed by atoms with van der Waals surface area (Å²) in [7, 11) is 0. The Balaban J connectivity index is 2.29. The lowest BCUT2D eigenvalue weighted by Crippen LogP contribution is -2.21. The first-order valence-corrected chi connectivity index (χ1v) is 7.15. The van der Waals surface area contributed by atoms with Crippen molar-refractivity contribution in [2.75, 3.05) is 0 Å². The van der Waals surface area contributed by atoms with Crippen LogP contribution in [0.5, 0.6) is 0 Å². The van der Waals surface area contributed by atoms with E-state index in [1.54, 1.807) is 0 Å². The third kappa shape index (κ3) is 3.01. The van der Waals surface area contributed by atoms with Crippen LogP contribution >= 0.6 is 27.5 Å². The Morgan fingerprint density at radius 2 is 2.00 bits per heavy atom. The van der Waals surface area contributed by atoms with Crippen LogP contribution in [0.2, 0.25) is 5.02 Å². The fraction of sp³-hybridized carbons (Fsp3) is 0.538. The van der Waals surface area contributed by atoms with Crippen molar-refractivity contribution in [3.63, 3.8) is 0 Å². The van der Waals surface area contributed by atoms with Crippen molar-refractivity contribution in [2.24, 2.45) is 5.73 Å². The van der Waals surface area contributed by atoms with Gasteiger partial charge in [-0.25, -0.2) is 4.39 Å². The van der Waals surface area contributed by atoms with Crippen molar-refractivity contribution in [3.05, 3.63) is 33.0 Å². The van der Waals surface area contributed by atoms with Crippen LogP contribution in [0, 0.1) is 5.82 Å². The molecule has 0 spiro atoms. The third-order valence-corrected chi connectivity index (χ3v) is 4.73. The first-order chi connectivity index (χ1) is 8.09. The van der Waals surface area contributed by atoms with Crippen molar-refractivity contribution in [2.45, 2.75) is 44.1 Å². The molecule has 17 heavy (non-hydrogen) atoms. The van der Waals surface area contributed by atoms with Gasteiger partial charge in [0.25, 0.3) is 0 Å². The Kier molecular flexibility index (Phi) is 4.45. The van der Waals surface area contributed by atoms with Crippen molar-refractivity contribution in [1.29, 1.82) is 0 Å². The molecule has 1 aliphatic carbocycles. The summed E-state index contributed by atoms with van der Waals surface area (Å²) in [5.41, 5.74) is 6.73. The van der Waals surface area contributed by atoms with E-state index < -0.39 is 0 Å². The van der Waals surface area contributed by atoms with Crippen molar-refractivity contribution >= 4 is 27.5 Å². The summed E-state index contributed by atoms with van der Waals surface area (Å²) in [4.78, 5) is 0. The monoisotopic (exact) mass is 319 g/mol. The molecule has 4 heteroatoms. The number of rotatable bonds is 1. The van der Waals surface area contributed by atoms with Crippen molar-refractivity contribution in [1.82, 2.24) is 0 Å². The maximum absolute atomic E-state index is 14.1. The predicted molar refractivity (Wildman–Crippen MR) is 72.9 cm³/mol. The highest BCUT2D eigenvalue weighted by atomic mass is 79.9. The molecule has 2 N–H and O–H groups in total. The zero-order valence-corrected chi connectivity index (χ0v) is 11.9. The topological polar surface area (TPSA) is 26.0 Å². The Bertz CT molecular complexity index is 411. The molecule has 1 aliphatic rings. The summed E-state index contributed by atoms with van der Waals surface area (Å²) in [5.74, 6) is -0.0850. The molecule has 1 aromatic carbocycles. The van der Waals surface area contributed by atoms with Gasteiger partial charge in [0.05, 0.1) is 5.02 Å². The average molecular weight is 321 g/mol. The SMILES string of the molecule is NC1CCCCC(c2ccc(Br)c(Cl)c2F)C1. The van der Waals surface area contributed by atoms with Crippen molar-refractivity contribution < 1.29 is 4.39 Å². The van der Waals surface area contributed by atoms with Crippen LogP contribution in [0.1, 0.15) is 43.6 Å². The maximum Gasteiger partial charge on any atom is 0.146 e. The molecular weight excluding hydrogens is 305 g/mol. The van der Waals surface area contributed by atoms with Crippen LogP contribution in [-0.2, 0) is 0 Å². The van der Waals surface area contributed by atoms with E-state index in [0.29, 0.717) is 4.47 Å². The normalized spacial score (nSPS) is 25.6. The molecule has 0 aliphatic heterocycles. The molecule has 0 bridgehead atoms. The second-order valence-electron chi connectivity index (χ2n) is 4.74. The fourth-order valence-electron chi connectivity index (χ4n) is 2.54. The zero-order chi connectivity index (χ0) is 12.4. The highest BCUT2D eigenvalue weighted by Crippen LogP contribution is 2.36. The molecule has 0 aromatic heterocycles. The van der Waals surface area contributed by atoms with E-state index in [2.05, 4.69) is 15.9 Å². The summed E-state index contributed by atoms with van der Waals surface area (Å²) in [6.45, 7) is 0. The minimum Gasteiger partial charge on any atom is -0.328 e. The number of halogens is 3. The Morgan fingerprint density at radius 3 is 2.76 bits per heavy atom. The number of benzene rings is 1. The molecular formula is C13H16BrClFN. The van der Waals surface area contributed by atoms with Gasteiger partial charge in [-0.3, -0.25) is 0 Å². The Morgan fingerprint density at radius 1 is 1.29 bits per heavy atom. The molecule has 2 atom stereocenters. The van der Waals surface area contributed by atoms with Gasteiger partial charge >= 0.3 is 0 Å². The maximum atomic E-state index is 14.1. The minimum atomic E-state index is -0.292. The molecule has 0 heterocycles. The van der Waals surface area contributed by atoms with E-state index in [9.17, 15) is 4.39 Å². The molecule has 1 saturated carbocycles. The van der Waals surface area contributed by atoms with Crippen LogP contribution in [0.15, 0.2) is 16.6 Å². The van der Waals surface area contributed by atoms with Gasteiger partial charge in [-0.15, -0.1) is 0 Å². The molecule has 1 aromatic rings. The van der Waals surface area contributed by atoms with E-state index >= 15 is 0 Å². The van der Waals surface area contributed by atoms with Gasteiger partial charge in [0.2, 0.25) is 0 Å². The number of nitrogens with two attached hydrogens (primary N) is 1. The highest BCUT2D eigenvalue weighted by molar-refractivity contribution is 9.10. The van der Waals surface area contributed by atoms with Gasteiger partial charge < -0.3 is 5.73 Å². The van der Waals surface area contributed by atoms with Crippen LogP contribution in [0.4, 0.5) is 4.39 Å². The quantitative estimate of drug-likeness (QED) is 0.593. The largest absolute Gasteiger partial charge is 0.328 e. The van der Waals surface area contributed by atoms with Gasteiger partial charge in [-0.05, 0) is 52.7 Å². The number of hydrogen-bond acceptors (Lipinski definition) is 1. The van der Waals surface area contributed by atoms with E-state index in [1.165, 1.54) is 0 Å². The van der Waals surface area contributed by atoms with Crippen LogP contribution in [-0.4, -0.2) is 6.04 Å². The fourth-order valence-corrected chi connectivity index (χ4v) is 3.02. The zero-order valence-electron chi connectivity index (χ0n) is 9.56. The standard InChI is InChI=1S/C13H16BrClFN/c14-11-6-5-10(13(16)12(11)15)8-3-1-2-4-9(17)7-8/h5-6,8-9H,1-4,7,17H2. The lowest BCUT2D eigenvalue weighted by atomic mass is 9.90. The predicted octanol–water partition coefficient (Wildman–Crippen LogP) is 4.62.